The molecule has 1 amide bonds. The number of carbonyl (C=O) groups is 1. The van der Waals surface area contributed by atoms with Crippen molar-refractivity contribution in [1.82, 2.24) is 15.3 Å². The number of aromatic nitrogens is 2. The quantitative estimate of drug-likeness (QED) is 0.589. The molecular formula is C16H20F3N5O3S. The lowest BCUT2D eigenvalue weighted by Crippen LogP contribution is -2.39. The van der Waals surface area contributed by atoms with E-state index in [1.165, 1.54) is 6.07 Å². The van der Waals surface area contributed by atoms with Gasteiger partial charge >= 0.3 is 12.3 Å². The lowest BCUT2D eigenvalue weighted by Gasteiger charge is -2.28. The summed E-state index contributed by atoms with van der Waals surface area (Å²) in [6.45, 7) is 0. The number of halogens is 3. The van der Waals surface area contributed by atoms with Crippen LogP contribution in [0.15, 0.2) is 6.07 Å². The van der Waals surface area contributed by atoms with Crippen LogP contribution in [0, 0.1) is 0 Å². The van der Waals surface area contributed by atoms with Crippen LogP contribution in [0.25, 0.3) is 10.2 Å². The summed E-state index contributed by atoms with van der Waals surface area (Å²) >= 11 is 0.947. The number of anilines is 2. The summed E-state index contributed by atoms with van der Waals surface area (Å²) in [6, 6.07) is 0.572. The van der Waals surface area contributed by atoms with Crippen molar-refractivity contribution >= 4 is 39.4 Å². The Balaban J connectivity index is 1.95. The number of thiophene rings is 1. The van der Waals surface area contributed by atoms with Gasteiger partial charge in [-0.3, -0.25) is 0 Å². The van der Waals surface area contributed by atoms with Crippen molar-refractivity contribution < 1.29 is 28.2 Å². The van der Waals surface area contributed by atoms with Crippen LogP contribution in [-0.4, -0.2) is 64.7 Å². The second-order valence-electron chi connectivity index (χ2n) is 6.71. The summed E-state index contributed by atoms with van der Waals surface area (Å²) in [7, 11) is 3.28. The minimum absolute atomic E-state index is 0.122. The van der Waals surface area contributed by atoms with Gasteiger partial charge in [0.25, 0.3) is 0 Å². The Kier molecular flexibility index (Phi) is 5.53. The molecule has 0 aromatic carbocycles. The molecule has 2 aromatic heterocycles. The number of alkyl halides is 3. The van der Waals surface area contributed by atoms with Crippen LogP contribution in [-0.2, 0) is 6.42 Å². The Morgan fingerprint density at radius 2 is 2.11 bits per heavy atom. The summed E-state index contributed by atoms with van der Waals surface area (Å²) in [4.78, 5) is 21.7. The zero-order valence-electron chi connectivity index (χ0n) is 15.1. The first-order chi connectivity index (χ1) is 13.1. The Morgan fingerprint density at radius 3 is 2.71 bits per heavy atom. The molecular weight excluding hydrogens is 399 g/mol. The first-order valence-electron chi connectivity index (χ1n) is 8.52. The van der Waals surface area contributed by atoms with E-state index in [4.69, 9.17) is 5.11 Å². The van der Waals surface area contributed by atoms with E-state index in [0.717, 1.165) is 11.3 Å². The third-order valence-electron chi connectivity index (χ3n) is 4.68. The number of nitrogens with one attached hydrogen (secondary N) is 2. The van der Waals surface area contributed by atoms with Crippen molar-refractivity contribution in [1.29, 1.82) is 0 Å². The highest BCUT2D eigenvalue weighted by atomic mass is 32.1. The smallest absolute Gasteiger partial charge is 0.404 e. The van der Waals surface area contributed by atoms with E-state index in [1.807, 2.05) is 0 Å². The molecule has 1 saturated carbocycles. The molecule has 0 unspecified atom stereocenters. The fraction of sp³-hybridized carbons (Fsp3) is 0.562. The molecule has 0 saturated heterocycles. The molecule has 2 heterocycles. The monoisotopic (exact) mass is 419 g/mol. The van der Waals surface area contributed by atoms with Gasteiger partial charge < -0.3 is 25.7 Å². The van der Waals surface area contributed by atoms with Crippen molar-refractivity contribution in [3.05, 3.63) is 10.9 Å². The van der Waals surface area contributed by atoms with Crippen LogP contribution in [0.4, 0.5) is 29.7 Å². The molecule has 8 nitrogen and oxygen atoms in total. The van der Waals surface area contributed by atoms with Crippen LogP contribution in [0.3, 0.4) is 0 Å². The topological polar surface area (TPSA) is 111 Å². The fourth-order valence-corrected chi connectivity index (χ4v) is 4.53. The van der Waals surface area contributed by atoms with E-state index >= 15 is 0 Å². The summed E-state index contributed by atoms with van der Waals surface area (Å²) in [5, 5.41) is 24.9. The summed E-state index contributed by atoms with van der Waals surface area (Å²) in [5.41, 5.74) is 0. The van der Waals surface area contributed by atoms with Gasteiger partial charge in [0.1, 0.15) is 10.6 Å². The van der Waals surface area contributed by atoms with E-state index in [1.54, 1.807) is 19.0 Å². The first kappa shape index (κ1) is 20.4. The van der Waals surface area contributed by atoms with E-state index in [2.05, 4.69) is 20.6 Å². The first-order valence-corrected chi connectivity index (χ1v) is 9.34. The molecule has 12 heteroatoms. The van der Waals surface area contributed by atoms with E-state index in [0.29, 0.717) is 22.5 Å². The van der Waals surface area contributed by atoms with Gasteiger partial charge in [-0.25, -0.2) is 9.78 Å². The Bertz CT molecular complexity index is 875. The molecule has 0 radical (unpaired) electrons. The number of amides is 1. The average Bonchev–Trinajstić information content (AvgIpc) is 3.13. The Hall–Kier alpha value is -2.34. The predicted molar refractivity (Wildman–Crippen MR) is 99.1 cm³/mol. The Morgan fingerprint density at radius 1 is 1.39 bits per heavy atom. The number of rotatable bonds is 5. The molecule has 4 N–H and O–H groups in total. The molecule has 1 aliphatic rings. The van der Waals surface area contributed by atoms with Gasteiger partial charge in [-0.2, -0.15) is 18.2 Å². The van der Waals surface area contributed by atoms with Crippen molar-refractivity contribution in [2.75, 3.05) is 24.3 Å². The van der Waals surface area contributed by atoms with Crippen molar-refractivity contribution in [3.8, 4) is 0 Å². The van der Waals surface area contributed by atoms with Gasteiger partial charge in [-0.15, -0.1) is 11.3 Å². The summed E-state index contributed by atoms with van der Waals surface area (Å²) in [5.74, 6) is 0.640. The molecule has 2 aromatic rings. The number of aliphatic hydroxyl groups excluding tert-OH is 1. The molecule has 0 spiro atoms. The van der Waals surface area contributed by atoms with Crippen LogP contribution < -0.4 is 15.5 Å². The second-order valence-corrected chi connectivity index (χ2v) is 7.82. The highest BCUT2D eigenvalue weighted by Gasteiger charge is 2.38. The minimum atomic E-state index is -4.33. The number of aliphatic hydroxyl groups is 1. The van der Waals surface area contributed by atoms with Crippen LogP contribution in [0.5, 0.6) is 0 Å². The summed E-state index contributed by atoms with van der Waals surface area (Å²) in [6.07, 6.45) is -6.76. The van der Waals surface area contributed by atoms with Crippen molar-refractivity contribution in [2.24, 2.45) is 0 Å². The van der Waals surface area contributed by atoms with Crippen LogP contribution in [0.1, 0.15) is 17.7 Å². The average molecular weight is 419 g/mol. The predicted octanol–water partition coefficient (Wildman–Crippen LogP) is 2.43. The number of fused-ring (bicyclic) bond motifs is 1. The maximum Gasteiger partial charge on any atom is 0.404 e. The molecule has 3 atom stereocenters. The van der Waals surface area contributed by atoms with E-state index in [9.17, 15) is 23.1 Å². The molecule has 28 heavy (non-hydrogen) atoms. The molecule has 1 aliphatic carbocycles. The molecule has 0 bridgehead atoms. The maximum absolute atomic E-state index is 12.8. The summed E-state index contributed by atoms with van der Waals surface area (Å²) < 4.78 is 38.3. The van der Waals surface area contributed by atoms with E-state index in [-0.39, 0.29) is 17.2 Å². The standard InChI is InChI=1S/C16H20F3N5O3S/c1-20-14-22-12(9-5-8(6-16(17,18)19)28-13(9)23-14)24(2)10-3-7(4-11(10)25)21-15(26)27/h5,7,10-11,21,25H,3-4,6H2,1-2H3,(H,26,27)(H,20,22,23)/t7-,10+,11+/m1/s1. The third kappa shape index (κ3) is 4.38. The molecule has 154 valence electrons. The largest absolute Gasteiger partial charge is 0.465 e. The van der Waals surface area contributed by atoms with Gasteiger partial charge in [0.05, 0.1) is 24.0 Å². The highest BCUT2D eigenvalue weighted by Crippen LogP contribution is 2.37. The number of hydrogen-bond donors (Lipinski definition) is 4. The SMILES string of the molecule is CNc1nc(N(C)[C@H]2C[C@@H](NC(=O)O)C[C@@H]2O)c2cc(CC(F)(F)F)sc2n1. The number of likely N-dealkylation sites (N-methyl/N-ethyl adjacent to an activating group) is 1. The number of hydrogen-bond acceptors (Lipinski definition) is 7. The van der Waals surface area contributed by atoms with E-state index < -0.39 is 36.9 Å². The van der Waals surface area contributed by atoms with Crippen LogP contribution >= 0.6 is 11.3 Å². The number of carboxylic acid groups (broad SMARTS) is 1. The van der Waals surface area contributed by atoms with Crippen molar-refractivity contribution in [3.63, 3.8) is 0 Å². The maximum atomic E-state index is 12.8. The molecule has 1 fully saturated rings. The second kappa shape index (κ2) is 7.59. The highest BCUT2D eigenvalue weighted by molar-refractivity contribution is 7.18. The third-order valence-corrected chi connectivity index (χ3v) is 5.71. The zero-order chi connectivity index (χ0) is 20.6. The zero-order valence-corrected chi connectivity index (χ0v) is 15.9. The van der Waals surface area contributed by atoms with Gasteiger partial charge in [-0.1, -0.05) is 0 Å². The van der Waals surface area contributed by atoms with Gasteiger partial charge in [-0.05, 0) is 18.9 Å². The van der Waals surface area contributed by atoms with Gasteiger partial charge in [0, 0.05) is 25.0 Å². The normalized spacial score (nSPS) is 22.4. The van der Waals surface area contributed by atoms with Gasteiger partial charge in [0.15, 0.2) is 0 Å². The minimum Gasteiger partial charge on any atom is -0.465 e. The van der Waals surface area contributed by atoms with Gasteiger partial charge in [0.2, 0.25) is 5.95 Å². The fourth-order valence-electron chi connectivity index (χ4n) is 3.48. The molecule has 0 aliphatic heterocycles. The lowest BCUT2D eigenvalue weighted by molar-refractivity contribution is -0.126. The van der Waals surface area contributed by atoms with Crippen LogP contribution in [0.2, 0.25) is 0 Å². The van der Waals surface area contributed by atoms with Crippen molar-refractivity contribution in [2.45, 2.75) is 43.6 Å². The Labute approximate surface area is 162 Å². The lowest BCUT2D eigenvalue weighted by atomic mass is 10.1. The number of nitrogens with zero attached hydrogens (tertiary/aromatic N) is 3. The molecule has 3 rings (SSSR count).